The molecule has 0 fully saturated rings. The van der Waals surface area contributed by atoms with Gasteiger partial charge < -0.3 is 5.32 Å². The molecule has 6 heteroatoms. The second kappa shape index (κ2) is 7.17. The molecule has 0 spiro atoms. The lowest BCUT2D eigenvalue weighted by Gasteiger charge is -2.16. The van der Waals surface area contributed by atoms with E-state index in [2.05, 4.69) is 5.32 Å². The summed E-state index contributed by atoms with van der Waals surface area (Å²) < 4.78 is 30.2. The molecule has 2 aromatic rings. The summed E-state index contributed by atoms with van der Waals surface area (Å²) in [6.07, 6.45) is 0.144. The first kappa shape index (κ1) is 16.2. The molecule has 4 nitrogen and oxygen atoms in total. The highest BCUT2D eigenvalue weighted by molar-refractivity contribution is 7.86. The largest absolute Gasteiger partial charge is 0.320 e. The number of rotatable bonds is 7. The fraction of sp³-hybridized carbons (Fsp3) is 0.333. The minimum absolute atomic E-state index is 0.194. The highest BCUT2D eigenvalue weighted by Gasteiger charge is 2.23. The van der Waals surface area contributed by atoms with Crippen LogP contribution in [0.4, 0.5) is 0 Å². The predicted octanol–water partition coefficient (Wildman–Crippen LogP) is 3.11. The van der Waals surface area contributed by atoms with Crippen molar-refractivity contribution in [3.8, 4) is 0 Å². The van der Waals surface area contributed by atoms with Crippen molar-refractivity contribution in [3.05, 3.63) is 52.2 Å². The van der Waals surface area contributed by atoms with E-state index in [1.165, 1.54) is 11.3 Å². The molecule has 1 atom stereocenters. The molecule has 0 bridgehead atoms. The van der Waals surface area contributed by atoms with Crippen molar-refractivity contribution in [2.24, 2.45) is 0 Å². The van der Waals surface area contributed by atoms with Crippen molar-refractivity contribution in [1.82, 2.24) is 5.32 Å². The second-order valence-electron chi connectivity index (χ2n) is 4.76. The second-order valence-corrected chi connectivity index (χ2v) is 7.31. The molecule has 0 amide bonds. The molecular formula is C15H19NO3S2. The van der Waals surface area contributed by atoms with Gasteiger partial charge in [-0.2, -0.15) is 8.42 Å². The van der Waals surface area contributed by atoms with Crippen molar-refractivity contribution in [2.75, 3.05) is 13.6 Å². The maximum absolute atomic E-state index is 12.4. The third-order valence-corrected chi connectivity index (χ3v) is 5.37. The van der Waals surface area contributed by atoms with Gasteiger partial charge in [0.2, 0.25) is 0 Å². The Hall–Kier alpha value is -1.21. The first-order valence-electron chi connectivity index (χ1n) is 6.71. The molecule has 0 radical (unpaired) electrons. The number of hydrogen-bond donors (Lipinski definition) is 1. The molecule has 1 aromatic carbocycles. The number of nitrogens with one attached hydrogen (secondary N) is 1. The van der Waals surface area contributed by atoms with Crippen LogP contribution in [0.1, 0.15) is 23.0 Å². The molecule has 0 unspecified atom stereocenters. The third kappa shape index (κ3) is 4.38. The van der Waals surface area contributed by atoms with Gasteiger partial charge in [-0.3, -0.25) is 4.18 Å². The van der Waals surface area contributed by atoms with E-state index in [4.69, 9.17) is 4.18 Å². The minimum Gasteiger partial charge on any atom is -0.320 e. The Morgan fingerprint density at radius 3 is 2.52 bits per heavy atom. The number of benzene rings is 1. The van der Waals surface area contributed by atoms with E-state index in [1.807, 2.05) is 31.5 Å². The van der Waals surface area contributed by atoms with Gasteiger partial charge in [-0.25, -0.2) is 0 Å². The summed E-state index contributed by atoms with van der Waals surface area (Å²) in [5.41, 5.74) is 1.01. The Morgan fingerprint density at radius 1 is 1.24 bits per heavy atom. The Morgan fingerprint density at radius 2 is 1.95 bits per heavy atom. The summed E-state index contributed by atoms with van der Waals surface area (Å²) in [4.78, 5) is 1.11. The Balaban J connectivity index is 2.20. The van der Waals surface area contributed by atoms with E-state index >= 15 is 0 Å². The van der Waals surface area contributed by atoms with E-state index in [0.29, 0.717) is 13.0 Å². The summed E-state index contributed by atoms with van der Waals surface area (Å²) in [6.45, 7) is 2.60. The van der Waals surface area contributed by atoms with Crippen LogP contribution in [0.5, 0.6) is 0 Å². The normalized spacial score (nSPS) is 13.2. The topological polar surface area (TPSA) is 55.4 Å². The van der Waals surface area contributed by atoms with E-state index < -0.39 is 16.2 Å². The molecular weight excluding hydrogens is 306 g/mol. The van der Waals surface area contributed by atoms with Crippen LogP contribution < -0.4 is 5.32 Å². The van der Waals surface area contributed by atoms with Gasteiger partial charge in [0.15, 0.2) is 0 Å². The molecule has 2 rings (SSSR count). The van der Waals surface area contributed by atoms with E-state index in [1.54, 1.807) is 24.3 Å². The summed E-state index contributed by atoms with van der Waals surface area (Å²) in [7, 11) is -1.92. The molecule has 1 heterocycles. The maximum atomic E-state index is 12.4. The van der Waals surface area contributed by atoms with Gasteiger partial charge >= 0.3 is 0 Å². The van der Waals surface area contributed by atoms with Crippen molar-refractivity contribution >= 4 is 21.5 Å². The molecule has 21 heavy (non-hydrogen) atoms. The third-order valence-electron chi connectivity index (χ3n) is 3.07. The van der Waals surface area contributed by atoms with Gasteiger partial charge in [-0.05, 0) is 50.5 Å². The monoisotopic (exact) mass is 325 g/mol. The van der Waals surface area contributed by atoms with Gasteiger partial charge in [0, 0.05) is 4.88 Å². The molecule has 0 aliphatic rings. The fourth-order valence-corrected chi connectivity index (χ4v) is 3.84. The molecule has 114 valence electrons. The van der Waals surface area contributed by atoms with E-state index in [-0.39, 0.29) is 4.90 Å². The van der Waals surface area contributed by atoms with Crippen LogP contribution in [0.25, 0.3) is 0 Å². The SMILES string of the molecule is CNCC[C@H](OS(=O)(=O)c1ccc(C)cc1)c1cccs1. The Kier molecular flexibility index (Phi) is 5.52. The van der Waals surface area contributed by atoms with Crippen LogP contribution >= 0.6 is 11.3 Å². The Bertz CT molecular complexity index is 649. The van der Waals surface area contributed by atoms with Crippen molar-refractivity contribution in [1.29, 1.82) is 0 Å². The number of thiophene rings is 1. The molecule has 0 aliphatic heterocycles. The zero-order chi connectivity index (χ0) is 15.3. The van der Waals surface area contributed by atoms with E-state index in [0.717, 1.165) is 10.4 Å². The molecule has 0 saturated heterocycles. The first-order valence-corrected chi connectivity index (χ1v) is 8.99. The van der Waals surface area contributed by atoms with Gasteiger partial charge in [-0.15, -0.1) is 11.3 Å². The highest BCUT2D eigenvalue weighted by Crippen LogP contribution is 2.29. The molecule has 0 saturated carbocycles. The lowest BCUT2D eigenvalue weighted by atomic mass is 10.2. The van der Waals surface area contributed by atoms with Crippen molar-refractivity contribution in [2.45, 2.75) is 24.3 Å². The van der Waals surface area contributed by atoms with Gasteiger partial charge in [0.1, 0.15) is 6.10 Å². The highest BCUT2D eigenvalue weighted by atomic mass is 32.2. The lowest BCUT2D eigenvalue weighted by Crippen LogP contribution is -2.17. The molecule has 1 aromatic heterocycles. The maximum Gasteiger partial charge on any atom is 0.297 e. The fourth-order valence-electron chi connectivity index (χ4n) is 1.90. The number of hydrogen-bond acceptors (Lipinski definition) is 5. The van der Waals surface area contributed by atoms with Crippen LogP contribution in [-0.2, 0) is 14.3 Å². The minimum atomic E-state index is -3.75. The average Bonchev–Trinajstić information content (AvgIpc) is 2.98. The summed E-state index contributed by atoms with van der Waals surface area (Å²) in [5.74, 6) is 0. The molecule has 1 N–H and O–H groups in total. The lowest BCUT2D eigenvalue weighted by molar-refractivity contribution is 0.206. The van der Waals surface area contributed by atoms with Gasteiger partial charge in [0.25, 0.3) is 10.1 Å². The zero-order valence-corrected chi connectivity index (χ0v) is 13.7. The van der Waals surface area contributed by atoms with Crippen LogP contribution in [0.3, 0.4) is 0 Å². The van der Waals surface area contributed by atoms with Gasteiger partial charge in [-0.1, -0.05) is 23.8 Å². The number of aryl methyl sites for hydroxylation is 1. The predicted molar refractivity (Wildman–Crippen MR) is 85.1 cm³/mol. The standard InChI is InChI=1S/C15H19NO3S2/c1-12-5-7-13(8-6-12)21(17,18)19-14(9-10-16-2)15-4-3-11-20-15/h3-8,11,14,16H,9-10H2,1-2H3/t14-/m0/s1. The first-order chi connectivity index (χ1) is 10.0. The molecule has 0 aliphatic carbocycles. The summed E-state index contributed by atoms with van der Waals surface area (Å²) in [5, 5.41) is 4.94. The summed E-state index contributed by atoms with van der Waals surface area (Å²) in [6, 6.07) is 10.5. The van der Waals surface area contributed by atoms with Gasteiger partial charge in [0.05, 0.1) is 4.90 Å². The summed E-state index contributed by atoms with van der Waals surface area (Å²) >= 11 is 1.50. The van der Waals surface area contributed by atoms with E-state index in [9.17, 15) is 8.42 Å². The van der Waals surface area contributed by atoms with Crippen LogP contribution in [0.15, 0.2) is 46.7 Å². The quantitative estimate of drug-likeness (QED) is 0.795. The smallest absolute Gasteiger partial charge is 0.297 e. The van der Waals surface area contributed by atoms with Crippen LogP contribution in [-0.4, -0.2) is 22.0 Å². The van der Waals surface area contributed by atoms with Crippen LogP contribution in [0, 0.1) is 6.92 Å². The average molecular weight is 325 g/mol. The van der Waals surface area contributed by atoms with Crippen molar-refractivity contribution in [3.63, 3.8) is 0 Å². The van der Waals surface area contributed by atoms with Crippen LogP contribution in [0.2, 0.25) is 0 Å². The Labute approximate surface area is 129 Å². The zero-order valence-electron chi connectivity index (χ0n) is 12.1. The van der Waals surface area contributed by atoms with Crippen molar-refractivity contribution < 1.29 is 12.6 Å².